The van der Waals surface area contributed by atoms with E-state index in [2.05, 4.69) is 41.3 Å². The van der Waals surface area contributed by atoms with E-state index >= 15 is 0 Å². The zero-order valence-corrected chi connectivity index (χ0v) is 15.1. The van der Waals surface area contributed by atoms with Crippen molar-refractivity contribution >= 4 is 34.5 Å². The minimum Gasteiger partial charge on any atom is -0.353 e. The van der Waals surface area contributed by atoms with Crippen LogP contribution < -0.4 is 5.32 Å². The maximum Gasteiger partial charge on any atom is 0.231 e. The monoisotopic (exact) mass is 345 g/mol. The molecule has 1 unspecified atom stereocenters. The number of carbonyl (C=O) groups excluding carboxylic acids is 1. The molecule has 3 aromatic rings. The zero-order valence-electron chi connectivity index (χ0n) is 14.2. The van der Waals surface area contributed by atoms with Crippen molar-refractivity contribution < 1.29 is 4.79 Å². The number of thioether (sulfide) groups is 1. The lowest BCUT2D eigenvalue weighted by molar-refractivity contribution is -0.119. The van der Waals surface area contributed by atoms with Crippen molar-refractivity contribution in [3.8, 4) is 0 Å². The van der Waals surface area contributed by atoms with Crippen molar-refractivity contribution in [2.24, 2.45) is 5.92 Å². The molecule has 1 aromatic carbocycles. The van der Waals surface area contributed by atoms with E-state index in [1.54, 1.807) is 0 Å². The first-order valence-electron chi connectivity index (χ1n) is 8.28. The number of H-pyrrole nitrogens is 1. The van der Waals surface area contributed by atoms with Crippen molar-refractivity contribution in [3.63, 3.8) is 0 Å². The van der Waals surface area contributed by atoms with Gasteiger partial charge in [0.1, 0.15) is 0 Å². The quantitative estimate of drug-likeness (QED) is 0.645. The summed E-state index contributed by atoms with van der Waals surface area (Å²) < 4.78 is 1.95. The summed E-state index contributed by atoms with van der Waals surface area (Å²) in [5, 5.41) is 11.0. The van der Waals surface area contributed by atoms with Gasteiger partial charge in [-0.15, -0.1) is 5.10 Å². The second-order valence-electron chi connectivity index (χ2n) is 6.49. The molecule has 0 radical (unpaired) electrons. The molecule has 2 heterocycles. The van der Waals surface area contributed by atoms with Crippen LogP contribution in [0.3, 0.4) is 0 Å². The standard InChI is InChI=1S/C17H23N5OS/c1-11(2)8-9-12(3)18-15(23)10-24-17-21-20-16-19-13-6-4-5-7-14(13)22(16)17/h4-7,11-12H,8-10H2,1-3H3,(H,18,23)(H,19,20). The average molecular weight is 345 g/mol. The first-order chi connectivity index (χ1) is 11.5. The Bertz CT molecular complexity index is 838. The fourth-order valence-corrected chi connectivity index (χ4v) is 3.41. The number of amides is 1. The Morgan fingerprint density at radius 1 is 1.29 bits per heavy atom. The molecular weight excluding hydrogens is 322 g/mol. The molecule has 3 rings (SSSR count). The van der Waals surface area contributed by atoms with Gasteiger partial charge in [0.25, 0.3) is 0 Å². The van der Waals surface area contributed by atoms with Gasteiger partial charge in [-0.3, -0.25) is 9.20 Å². The number of rotatable bonds is 7. The van der Waals surface area contributed by atoms with Gasteiger partial charge in [-0.2, -0.15) is 0 Å². The van der Waals surface area contributed by atoms with E-state index in [-0.39, 0.29) is 11.9 Å². The number of nitrogens with zero attached hydrogens (tertiary/aromatic N) is 3. The summed E-state index contributed by atoms with van der Waals surface area (Å²) >= 11 is 1.42. The van der Waals surface area contributed by atoms with Crippen LogP contribution in [-0.4, -0.2) is 37.3 Å². The number of imidazole rings is 1. The van der Waals surface area contributed by atoms with Gasteiger partial charge in [0, 0.05) is 6.04 Å². The topological polar surface area (TPSA) is 75.1 Å². The van der Waals surface area contributed by atoms with E-state index in [1.165, 1.54) is 11.8 Å². The lowest BCUT2D eigenvalue weighted by Gasteiger charge is -2.14. The van der Waals surface area contributed by atoms with Crippen LogP contribution in [0.1, 0.15) is 33.6 Å². The molecule has 7 heteroatoms. The van der Waals surface area contributed by atoms with Crippen LogP contribution in [0.15, 0.2) is 29.4 Å². The van der Waals surface area contributed by atoms with E-state index in [0.29, 0.717) is 17.4 Å². The molecule has 0 bridgehead atoms. The van der Waals surface area contributed by atoms with E-state index in [1.807, 2.05) is 28.7 Å². The molecule has 1 amide bonds. The van der Waals surface area contributed by atoms with Crippen molar-refractivity contribution in [2.45, 2.75) is 44.8 Å². The summed E-state index contributed by atoms with van der Waals surface area (Å²) in [5.41, 5.74) is 1.91. The van der Waals surface area contributed by atoms with Crippen molar-refractivity contribution in [1.82, 2.24) is 24.9 Å². The lowest BCUT2D eigenvalue weighted by atomic mass is 10.0. The van der Waals surface area contributed by atoms with E-state index < -0.39 is 0 Å². The Morgan fingerprint density at radius 3 is 2.88 bits per heavy atom. The zero-order chi connectivity index (χ0) is 17.1. The van der Waals surface area contributed by atoms with Gasteiger partial charge in [0.15, 0.2) is 5.16 Å². The number of hydrogen-bond acceptors (Lipinski definition) is 4. The predicted octanol–water partition coefficient (Wildman–Crippen LogP) is 3.24. The minimum atomic E-state index is 0.0387. The first-order valence-corrected chi connectivity index (χ1v) is 9.27. The van der Waals surface area contributed by atoms with Crippen LogP contribution in [0.4, 0.5) is 0 Å². The SMILES string of the molecule is CC(C)CCC(C)NC(=O)CSc1n[nH]c2nc3ccccc3n12. The number of nitrogens with one attached hydrogen (secondary N) is 2. The fourth-order valence-electron chi connectivity index (χ4n) is 2.64. The van der Waals surface area contributed by atoms with Gasteiger partial charge in [-0.25, -0.2) is 10.1 Å². The molecule has 0 saturated carbocycles. The first kappa shape index (κ1) is 16.8. The van der Waals surface area contributed by atoms with Gasteiger partial charge >= 0.3 is 0 Å². The maximum atomic E-state index is 12.1. The second-order valence-corrected chi connectivity index (χ2v) is 7.44. The predicted molar refractivity (Wildman–Crippen MR) is 97.2 cm³/mol. The largest absolute Gasteiger partial charge is 0.353 e. The van der Waals surface area contributed by atoms with Crippen LogP contribution >= 0.6 is 11.8 Å². The second kappa shape index (κ2) is 7.25. The van der Waals surface area contributed by atoms with E-state index in [9.17, 15) is 4.79 Å². The van der Waals surface area contributed by atoms with Crippen molar-refractivity contribution in [2.75, 3.05) is 5.75 Å². The molecule has 128 valence electrons. The highest BCUT2D eigenvalue weighted by atomic mass is 32.2. The summed E-state index contributed by atoms with van der Waals surface area (Å²) in [5.74, 6) is 1.74. The summed E-state index contributed by atoms with van der Waals surface area (Å²) in [6.07, 6.45) is 2.13. The molecule has 0 spiro atoms. The molecule has 0 fully saturated rings. The summed E-state index contributed by atoms with van der Waals surface area (Å²) in [6.45, 7) is 6.45. The van der Waals surface area contributed by atoms with Crippen LogP contribution in [-0.2, 0) is 4.79 Å². The van der Waals surface area contributed by atoms with Crippen molar-refractivity contribution in [1.29, 1.82) is 0 Å². The van der Waals surface area contributed by atoms with Gasteiger partial charge < -0.3 is 5.32 Å². The molecule has 0 aliphatic rings. The van der Waals surface area contributed by atoms with E-state index in [0.717, 1.165) is 29.0 Å². The third-order valence-electron chi connectivity index (χ3n) is 3.92. The highest BCUT2D eigenvalue weighted by Gasteiger charge is 2.14. The molecule has 0 aliphatic carbocycles. The minimum absolute atomic E-state index is 0.0387. The van der Waals surface area contributed by atoms with Crippen LogP contribution in [0.2, 0.25) is 0 Å². The maximum absolute atomic E-state index is 12.1. The molecule has 0 saturated heterocycles. The number of aromatic nitrogens is 4. The molecule has 24 heavy (non-hydrogen) atoms. The van der Waals surface area contributed by atoms with Crippen LogP contribution in [0.5, 0.6) is 0 Å². The molecule has 6 nitrogen and oxygen atoms in total. The number of carbonyl (C=O) groups is 1. The third-order valence-corrected chi connectivity index (χ3v) is 4.86. The molecule has 1 atom stereocenters. The number of benzene rings is 1. The number of aromatic amines is 1. The van der Waals surface area contributed by atoms with Crippen LogP contribution in [0, 0.1) is 5.92 Å². The van der Waals surface area contributed by atoms with Crippen LogP contribution in [0.25, 0.3) is 16.8 Å². The lowest BCUT2D eigenvalue weighted by Crippen LogP contribution is -2.34. The van der Waals surface area contributed by atoms with Gasteiger partial charge in [-0.05, 0) is 37.8 Å². The Kier molecular flexibility index (Phi) is 5.08. The number of para-hydroxylation sites is 2. The molecule has 2 aromatic heterocycles. The summed E-state index contributed by atoms with van der Waals surface area (Å²) in [7, 11) is 0. The normalized spacial score (nSPS) is 13.0. The Morgan fingerprint density at radius 2 is 2.08 bits per heavy atom. The van der Waals surface area contributed by atoms with Gasteiger partial charge in [-0.1, -0.05) is 37.7 Å². The number of fused-ring (bicyclic) bond motifs is 3. The Hall–Kier alpha value is -2.02. The van der Waals surface area contributed by atoms with Gasteiger partial charge in [0.2, 0.25) is 11.7 Å². The fraction of sp³-hybridized carbons (Fsp3) is 0.471. The Balaban J connectivity index is 1.62. The summed E-state index contributed by atoms with van der Waals surface area (Å²) in [6, 6.07) is 8.10. The Labute approximate surface area is 145 Å². The van der Waals surface area contributed by atoms with Gasteiger partial charge in [0.05, 0.1) is 16.8 Å². The van der Waals surface area contributed by atoms with E-state index in [4.69, 9.17) is 0 Å². The average Bonchev–Trinajstić information content (AvgIpc) is 3.10. The van der Waals surface area contributed by atoms with Crippen molar-refractivity contribution in [3.05, 3.63) is 24.3 Å². The molecule has 0 aliphatic heterocycles. The molecular formula is C17H23N5OS. The molecule has 2 N–H and O–H groups in total. The summed E-state index contributed by atoms with van der Waals surface area (Å²) in [4.78, 5) is 16.6. The highest BCUT2D eigenvalue weighted by Crippen LogP contribution is 2.22. The smallest absolute Gasteiger partial charge is 0.231 e. The highest BCUT2D eigenvalue weighted by molar-refractivity contribution is 7.99. The number of hydrogen-bond donors (Lipinski definition) is 2. The third kappa shape index (κ3) is 3.72.